The van der Waals surface area contributed by atoms with Crippen LogP contribution in [0, 0.1) is 0 Å². The third kappa shape index (κ3) is 3.33. The van der Waals surface area contributed by atoms with Crippen molar-refractivity contribution in [2.24, 2.45) is 0 Å². The number of halogens is 5. The molecule has 0 spiro atoms. The summed E-state index contributed by atoms with van der Waals surface area (Å²) in [6.07, 6.45) is -8.10. The highest BCUT2D eigenvalue weighted by molar-refractivity contribution is 5.54. The average Bonchev–Trinajstić information content (AvgIpc) is 2.13. The predicted octanol–water partition coefficient (Wildman–Crippen LogP) is 2.51. The van der Waals surface area contributed by atoms with Crippen molar-refractivity contribution < 1.29 is 31.4 Å². The normalized spacial score (nSPS) is 11.7. The highest BCUT2D eigenvalue weighted by atomic mass is 19.4. The summed E-state index contributed by atoms with van der Waals surface area (Å²) >= 11 is 0. The summed E-state index contributed by atoms with van der Waals surface area (Å²) in [4.78, 5) is 3.15. The number of nitrogens with zero attached hydrogens (tertiary/aromatic N) is 1. The highest BCUT2D eigenvalue weighted by Crippen LogP contribution is 2.36. The van der Waals surface area contributed by atoms with Crippen LogP contribution < -0.4 is 15.2 Å². The molecule has 96 valence electrons. The van der Waals surface area contributed by atoms with E-state index in [1.54, 1.807) is 0 Å². The van der Waals surface area contributed by atoms with Gasteiger partial charge in [0.15, 0.2) is 11.6 Å². The molecule has 1 aromatic rings. The van der Waals surface area contributed by atoms with Crippen LogP contribution in [0.5, 0.6) is 11.6 Å². The SMILES string of the molecule is COc1c(C(F)F)cc(OC(F)(F)F)nc1N. The molecule has 0 amide bonds. The lowest BCUT2D eigenvalue weighted by molar-refractivity contribution is -0.276. The maximum Gasteiger partial charge on any atom is 0.574 e. The molecular formula is C8H7F5N2O2. The maximum absolute atomic E-state index is 12.5. The van der Waals surface area contributed by atoms with Gasteiger partial charge < -0.3 is 15.2 Å². The van der Waals surface area contributed by atoms with Crippen molar-refractivity contribution >= 4 is 5.82 Å². The first-order chi connectivity index (χ1) is 7.74. The van der Waals surface area contributed by atoms with E-state index in [1.807, 2.05) is 0 Å². The summed E-state index contributed by atoms with van der Waals surface area (Å²) < 4.78 is 68.5. The Morgan fingerprint density at radius 3 is 2.35 bits per heavy atom. The molecule has 0 radical (unpaired) electrons. The monoisotopic (exact) mass is 258 g/mol. The first kappa shape index (κ1) is 13.3. The van der Waals surface area contributed by atoms with Gasteiger partial charge in [0.1, 0.15) is 0 Å². The predicted molar refractivity (Wildman–Crippen MR) is 46.8 cm³/mol. The summed E-state index contributed by atoms with van der Waals surface area (Å²) in [5.41, 5.74) is 4.35. The van der Waals surface area contributed by atoms with Gasteiger partial charge in [0.25, 0.3) is 6.43 Å². The number of rotatable bonds is 3. The van der Waals surface area contributed by atoms with E-state index < -0.39 is 35.8 Å². The summed E-state index contributed by atoms with van der Waals surface area (Å²) in [6, 6.07) is 0.424. The van der Waals surface area contributed by atoms with Crippen molar-refractivity contribution in [1.29, 1.82) is 0 Å². The number of pyridine rings is 1. The second-order valence-corrected chi connectivity index (χ2v) is 2.82. The van der Waals surface area contributed by atoms with Crippen molar-refractivity contribution in [3.63, 3.8) is 0 Å². The van der Waals surface area contributed by atoms with Crippen LogP contribution in [0.4, 0.5) is 27.8 Å². The number of hydrogen-bond donors (Lipinski definition) is 1. The number of alkyl halides is 5. The van der Waals surface area contributed by atoms with Gasteiger partial charge in [-0.1, -0.05) is 0 Å². The first-order valence-corrected chi connectivity index (χ1v) is 4.13. The minimum absolute atomic E-state index is 0.424. The van der Waals surface area contributed by atoms with Crippen molar-refractivity contribution in [2.45, 2.75) is 12.8 Å². The zero-order valence-corrected chi connectivity index (χ0v) is 8.39. The van der Waals surface area contributed by atoms with Crippen molar-refractivity contribution in [2.75, 3.05) is 12.8 Å². The van der Waals surface area contributed by atoms with E-state index in [0.29, 0.717) is 6.07 Å². The quantitative estimate of drug-likeness (QED) is 0.846. The summed E-state index contributed by atoms with van der Waals surface area (Å²) in [6.45, 7) is 0. The largest absolute Gasteiger partial charge is 0.574 e. The minimum Gasteiger partial charge on any atom is -0.492 e. The molecule has 17 heavy (non-hydrogen) atoms. The van der Waals surface area contributed by atoms with E-state index in [1.165, 1.54) is 0 Å². The van der Waals surface area contributed by atoms with Crippen LogP contribution in [0.3, 0.4) is 0 Å². The third-order valence-corrected chi connectivity index (χ3v) is 1.66. The molecule has 0 fully saturated rings. The smallest absolute Gasteiger partial charge is 0.492 e. The number of anilines is 1. The Hall–Kier alpha value is -1.80. The fourth-order valence-corrected chi connectivity index (χ4v) is 1.10. The Labute approximate surface area is 92.1 Å². The molecule has 9 heteroatoms. The van der Waals surface area contributed by atoms with Crippen molar-refractivity contribution in [3.05, 3.63) is 11.6 Å². The van der Waals surface area contributed by atoms with E-state index >= 15 is 0 Å². The molecule has 0 aliphatic rings. The van der Waals surface area contributed by atoms with Crippen LogP contribution in [0.25, 0.3) is 0 Å². The molecule has 0 saturated carbocycles. The lowest BCUT2D eigenvalue weighted by Gasteiger charge is -2.13. The highest BCUT2D eigenvalue weighted by Gasteiger charge is 2.33. The van der Waals surface area contributed by atoms with Gasteiger partial charge in [-0.2, -0.15) is 4.98 Å². The minimum atomic E-state index is -5.03. The molecule has 0 aromatic carbocycles. The van der Waals surface area contributed by atoms with Gasteiger partial charge in [0.2, 0.25) is 5.88 Å². The van der Waals surface area contributed by atoms with Gasteiger partial charge in [-0.3, -0.25) is 0 Å². The molecule has 0 bridgehead atoms. The molecule has 0 unspecified atom stereocenters. The Kier molecular flexibility index (Phi) is 3.59. The Morgan fingerprint density at radius 2 is 1.94 bits per heavy atom. The average molecular weight is 258 g/mol. The third-order valence-electron chi connectivity index (χ3n) is 1.66. The van der Waals surface area contributed by atoms with Crippen LogP contribution >= 0.6 is 0 Å². The van der Waals surface area contributed by atoms with Gasteiger partial charge in [-0.25, -0.2) is 8.78 Å². The molecule has 1 heterocycles. The fourth-order valence-electron chi connectivity index (χ4n) is 1.10. The lowest BCUT2D eigenvalue weighted by atomic mass is 10.2. The van der Waals surface area contributed by atoms with E-state index in [9.17, 15) is 22.0 Å². The standard InChI is InChI=1S/C8H7F5N2O2/c1-16-5-3(6(9)10)2-4(15-7(5)14)17-8(11,12)13/h2,6H,1H3,(H2,14,15). The lowest BCUT2D eigenvalue weighted by Crippen LogP contribution is -2.18. The Morgan fingerprint density at radius 1 is 1.35 bits per heavy atom. The molecule has 0 atom stereocenters. The van der Waals surface area contributed by atoms with Crippen LogP contribution in [0.2, 0.25) is 0 Å². The first-order valence-electron chi connectivity index (χ1n) is 4.13. The topological polar surface area (TPSA) is 57.4 Å². The van der Waals surface area contributed by atoms with E-state index in [4.69, 9.17) is 5.73 Å². The number of ether oxygens (including phenoxy) is 2. The number of hydrogen-bond acceptors (Lipinski definition) is 4. The van der Waals surface area contributed by atoms with Gasteiger partial charge >= 0.3 is 6.36 Å². The van der Waals surface area contributed by atoms with Crippen LogP contribution in [0.15, 0.2) is 6.07 Å². The van der Waals surface area contributed by atoms with Gasteiger partial charge in [-0.15, -0.1) is 13.2 Å². The Bertz CT molecular complexity index is 408. The zero-order valence-electron chi connectivity index (χ0n) is 8.39. The van der Waals surface area contributed by atoms with E-state index in [-0.39, 0.29) is 0 Å². The number of aromatic nitrogens is 1. The van der Waals surface area contributed by atoms with Gasteiger partial charge in [0, 0.05) is 6.07 Å². The summed E-state index contributed by atoms with van der Waals surface area (Å²) in [7, 11) is 1.05. The van der Waals surface area contributed by atoms with E-state index in [2.05, 4.69) is 14.5 Å². The van der Waals surface area contributed by atoms with Crippen LogP contribution in [-0.4, -0.2) is 18.5 Å². The van der Waals surface area contributed by atoms with Gasteiger partial charge in [0.05, 0.1) is 12.7 Å². The number of methoxy groups -OCH3 is 1. The molecule has 0 saturated heterocycles. The molecule has 1 rings (SSSR count). The summed E-state index contributed by atoms with van der Waals surface area (Å²) in [5, 5.41) is 0. The second-order valence-electron chi connectivity index (χ2n) is 2.82. The van der Waals surface area contributed by atoms with Crippen LogP contribution in [-0.2, 0) is 0 Å². The number of nitrogen functional groups attached to an aromatic ring is 1. The van der Waals surface area contributed by atoms with Gasteiger partial charge in [-0.05, 0) is 0 Å². The molecule has 0 aliphatic heterocycles. The molecule has 0 aliphatic carbocycles. The maximum atomic E-state index is 12.5. The van der Waals surface area contributed by atoms with Crippen LogP contribution in [0.1, 0.15) is 12.0 Å². The van der Waals surface area contributed by atoms with Crippen molar-refractivity contribution in [3.8, 4) is 11.6 Å². The number of nitrogens with two attached hydrogens (primary N) is 1. The second kappa shape index (κ2) is 4.60. The fraction of sp³-hybridized carbons (Fsp3) is 0.375. The zero-order chi connectivity index (χ0) is 13.2. The van der Waals surface area contributed by atoms with Crippen molar-refractivity contribution in [1.82, 2.24) is 4.98 Å². The Balaban J connectivity index is 3.20. The molecule has 4 nitrogen and oxygen atoms in total. The molecular weight excluding hydrogens is 251 g/mol. The molecule has 1 aromatic heterocycles. The molecule has 2 N–H and O–H groups in total. The van der Waals surface area contributed by atoms with E-state index in [0.717, 1.165) is 7.11 Å². The summed E-state index contributed by atoms with van der Waals surface area (Å²) in [5.74, 6) is -2.15.